The Hall–Kier alpha value is 3.06. The summed E-state index contributed by atoms with van der Waals surface area (Å²) in [5.74, 6) is 0. The van der Waals surface area contributed by atoms with Gasteiger partial charge in [-0.15, -0.1) is 0 Å². The van der Waals surface area contributed by atoms with Crippen molar-refractivity contribution in [2.24, 2.45) is 0 Å². The SMILES string of the molecule is O=P(O)(O)OP.[CaH2].[CaH2]. The van der Waals surface area contributed by atoms with Gasteiger partial charge in [0.25, 0.3) is 0 Å². The molecule has 0 aliphatic carbocycles. The normalized spacial score (nSPS) is 8.88. The Morgan fingerprint density at radius 3 is 1.50 bits per heavy atom. The third-order valence-electron chi connectivity index (χ3n) is 0.137. The molecule has 0 saturated heterocycles. The molecule has 4 nitrogen and oxygen atoms in total. The van der Waals surface area contributed by atoms with E-state index in [4.69, 9.17) is 9.79 Å². The van der Waals surface area contributed by atoms with Crippen LogP contribution in [0.25, 0.3) is 0 Å². The molecule has 0 heterocycles. The van der Waals surface area contributed by atoms with E-state index in [1.165, 1.54) is 9.47 Å². The summed E-state index contributed by atoms with van der Waals surface area (Å²) < 4.78 is 13.0. The second-order valence-corrected chi connectivity index (χ2v) is 2.42. The molecule has 8 heteroatoms. The van der Waals surface area contributed by atoms with E-state index in [9.17, 15) is 4.57 Å². The van der Waals surface area contributed by atoms with Gasteiger partial charge in [0.2, 0.25) is 0 Å². The third-order valence-corrected chi connectivity index (χ3v) is 1.24. The minimum absolute atomic E-state index is 0. The fourth-order valence-electron chi connectivity index (χ4n) is 0. The fourth-order valence-corrected chi connectivity index (χ4v) is 0. The van der Waals surface area contributed by atoms with E-state index in [1.807, 2.05) is 0 Å². The van der Waals surface area contributed by atoms with E-state index in [1.54, 1.807) is 0 Å². The molecule has 0 saturated carbocycles. The number of hydrogen-bond donors (Lipinski definition) is 2. The Morgan fingerprint density at radius 1 is 1.38 bits per heavy atom. The number of rotatable bonds is 1. The molecule has 0 aliphatic rings. The molecular formula is H8Ca2O4P2. The third kappa shape index (κ3) is 16.0. The van der Waals surface area contributed by atoms with Gasteiger partial charge in [0.1, 0.15) is 0 Å². The summed E-state index contributed by atoms with van der Waals surface area (Å²) in [5, 5.41) is 0. The molecule has 0 aliphatic heterocycles. The number of phosphoric acid groups is 1. The van der Waals surface area contributed by atoms with E-state index in [0.29, 0.717) is 0 Å². The molecule has 0 aromatic heterocycles. The average Bonchev–Trinajstić information content (AvgIpc) is 1.35. The molecule has 0 spiro atoms. The van der Waals surface area contributed by atoms with Gasteiger partial charge in [-0.3, -0.25) is 4.31 Å². The second-order valence-electron chi connectivity index (χ2n) is 0.596. The van der Waals surface area contributed by atoms with Crippen LogP contribution >= 0.6 is 17.3 Å². The van der Waals surface area contributed by atoms with Gasteiger partial charge in [0.15, 0.2) is 0 Å². The summed E-state index contributed by atoms with van der Waals surface area (Å²) in [4.78, 5) is 15.4. The Morgan fingerprint density at radius 2 is 1.50 bits per heavy atom. The van der Waals surface area contributed by atoms with Crippen molar-refractivity contribution in [3.8, 4) is 0 Å². The molecule has 0 fully saturated rings. The standard InChI is InChI=1S/2Ca.H4O4P2.4H/c;;1-6(2,3)4-5;;;;/h;;5H2,(H2,1,2,3);;;;. The van der Waals surface area contributed by atoms with Crippen molar-refractivity contribution in [3.05, 3.63) is 0 Å². The van der Waals surface area contributed by atoms with Gasteiger partial charge in [0, 0.05) is 9.47 Å². The van der Waals surface area contributed by atoms with E-state index in [0.717, 1.165) is 0 Å². The maximum absolute atomic E-state index is 9.45. The Bertz CT molecular complexity index is 76.1. The second kappa shape index (κ2) is 8.16. The quantitative estimate of drug-likeness (QED) is 0.393. The van der Waals surface area contributed by atoms with Crippen molar-refractivity contribution in [2.45, 2.75) is 0 Å². The first kappa shape index (κ1) is 17.2. The van der Waals surface area contributed by atoms with Crippen LogP contribution in [-0.4, -0.2) is 85.3 Å². The molecule has 1 unspecified atom stereocenters. The van der Waals surface area contributed by atoms with Crippen LogP contribution in [0, 0.1) is 0 Å². The van der Waals surface area contributed by atoms with Crippen LogP contribution in [-0.2, 0) is 8.88 Å². The fraction of sp³-hybridized carbons (Fsp3) is 0. The summed E-state index contributed by atoms with van der Waals surface area (Å²) in [6.07, 6.45) is 0. The van der Waals surface area contributed by atoms with Gasteiger partial charge >= 0.3 is 83.3 Å². The van der Waals surface area contributed by atoms with Crippen LogP contribution in [0.15, 0.2) is 0 Å². The molecule has 1 atom stereocenters. The number of hydrogen-bond acceptors (Lipinski definition) is 2. The molecule has 0 aromatic carbocycles. The van der Waals surface area contributed by atoms with Crippen molar-refractivity contribution in [3.63, 3.8) is 0 Å². The van der Waals surface area contributed by atoms with Crippen molar-refractivity contribution in [1.82, 2.24) is 0 Å². The molecule has 0 aromatic rings. The topological polar surface area (TPSA) is 66.8 Å². The van der Waals surface area contributed by atoms with Gasteiger partial charge in [0.05, 0.1) is 0 Å². The predicted molar refractivity (Wildman–Crippen MR) is 39.9 cm³/mol. The molecule has 0 radical (unpaired) electrons. The Balaban J connectivity index is -0.000000125. The molecule has 0 amide bonds. The first-order chi connectivity index (χ1) is 2.56. The molecular weight excluding hydrogens is 206 g/mol. The van der Waals surface area contributed by atoms with Crippen molar-refractivity contribution in [2.75, 3.05) is 0 Å². The maximum atomic E-state index is 9.45. The van der Waals surface area contributed by atoms with Crippen LogP contribution in [0.4, 0.5) is 0 Å². The first-order valence-corrected chi connectivity index (χ1v) is 3.00. The summed E-state index contributed by atoms with van der Waals surface area (Å²) >= 11 is 0. The molecule has 2 N–H and O–H groups in total. The van der Waals surface area contributed by atoms with Gasteiger partial charge in [-0.05, 0) is 0 Å². The van der Waals surface area contributed by atoms with E-state index >= 15 is 0 Å². The van der Waals surface area contributed by atoms with E-state index in [-0.39, 0.29) is 75.5 Å². The van der Waals surface area contributed by atoms with Crippen LogP contribution in [0.1, 0.15) is 0 Å². The average molecular weight is 214 g/mol. The van der Waals surface area contributed by atoms with Crippen LogP contribution in [0.3, 0.4) is 0 Å². The zero-order chi connectivity index (χ0) is 5.21. The molecule has 46 valence electrons. The van der Waals surface area contributed by atoms with Crippen molar-refractivity contribution < 1.29 is 18.7 Å². The summed E-state index contributed by atoms with van der Waals surface area (Å²) in [6.45, 7) is 0. The predicted octanol–water partition coefficient (Wildman–Crippen LogP) is -1.95. The van der Waals surface area contributed by atoms with Crippen molar-refractivity contribution >= 4 is 92.8 Å². The van der Waals surface area contributed by atoms with Gasteiger partial charge in [-0.1, -0.05) is 0 Å². The zero-order valence-electron chi connectivity index (χ0n) is 2.74. The van der Waals surface area contributed by atoms with Crippen LogP contribution in [0.5, 0.6) is 0 Å². The zero-order valence-corrected chi connectivity index (χ0v) is 4.78. The Labute approximate surface area is 109 Å². The van der Waals surface area contributed by atoms with Crippen LogP contribution < -0.4 is 0 Å². The summed E-state index contributed by atoms with van der Waals surface area (Å²) in [6, 6.07) is 0. The molecule has 8 heavy (non-hydrogen) atoms. The van der Waals surface area contributed by atoms with E-state index < -0.39 is 7.82 Å². The monoisotopic (exact) mass is 214 g/mol. The Kier molecular flexibility index (Phi) is 17.6. The minimum atomic E-state index is -4.18. The van der Waals surface area contributed by atoms with Crippen LogP contribution in [0.2, 0.25) is 0 Å². The molecule has 0 bridgehead atoms. The van der Waals surface area contributed by atoms with Crippen molar-refractivity contribution in [1.29, 1.82) is 0 Å². The van der Waals surface area contributed by atoms with Gasteiger partial charge < -0.3 is 9.79 Å². The van der Waals surface area contributed by atoms with Gasteiger partial charge in [-0.25, -0.2) is 4.57 Å². The first-order valence-electron chi connectivity index (χ1n) is 1.00. The van der Waals surface area contributed by atoms with Gasteiger partial charge in [-0.2, -0.15) is 0 Å². The summed E-state index contributed by atoms with van der Waals surface area (Å²) in [7, 11) is -2.72. The molecule has 0 rings (SSSR count). The summed E-state index contributed by atoms with van der Waals surface area (Å²) in [5.41, 5.74) is 0. The van der Waals surface area contributed by atoms with E-state index in [2.05, 4.69) is 4.31 Å².